The smallest absolute Gasteiger partial charge is 0.475 e. The van der Waals surface area contributed by atoms with Gasteiger partial charge in [0.1, 0.15) is 0 Å². The SMILES string of the molecule is Fc1cnc(N2CCO[C@H]3CN(Cc4ccoc4)C[C@H]32)nc1.O=C(O)C(F)(F)F. The summed E-state index contributed by atoms with van der Waals surface area (Å²) in [6.07, 6.45) is 0.933. The Hall–Kier alpha value is -2.73. The third kappa shape index (κ3) is 5.41. The molecule has 0 spiro atoms. The van der Waals surface area contributed by atoms with Crippen LogP contribution in [0.15, 0.2) is 35.4 Å². The van der Waals surface area contributed by atoms with Gasteiger partial charge in [0.05, 0.1) is 43.7 Å². The Labute approximate surface area is 162 Å². The van der Waals surface area contributed by atoms with Crippen molar-refractivity contribution in [3.05, 3.63) is 42.4 Å². The Bertz CT molecular complexity index is 801. The van der Waals surface area contributed by atoms with E-state index in [0.717, 1.165) is 31.7 Å². The third-order valence-corrected chi connectivity index (χ3v) is 4.47. The summed E-state index contributed by atoms with van der Waals surface area (Å²) in [5, 5.41) is 7.12. The maximum Gasteiger partial charge on any atom is 0.490 e. The second kappa shape index (κ2) is 8.74. The van der Waals surface area contributed by atoms with E-state index in [1.165, 1.54) is 12.4 Å². The molecule has 8 nitrogen and oxygen atoms in total. The molecule has 2 aromatic rings. The summed E-state index contributed by atoms with van der Waals surface area (Å²) in [6, 6.07) is 2.18. The summed E-state index contributed by atoms with van der Waals surface area (Å²) >= 11 is 0. The molecule has 2 fully saturated rings. The maximum atomic E-state index is 13.0. The standard InChI is InChI=1S/C15H17FN4O2.C2HF3O2/c16-12-5-17-15(18-6-12)20-2-4-22-14-9-19(8-13(14)20)7-11-1-3-21-10-11;3-2(4,5)1(6)7/h1,3,5-6,10,13-14H,2,4,7-9H2;(H,6,7)/t13-,14+;/m1./s1. The summed E-state index contributed by atoms with van der Waals surface area (Å²) in [7, 11) is 0. The predicted octanol–water partition coefficient (Wildman–Crippen LogP) is 1.93. The van der Waals surface area contributed by atoms with Crippen LogP contribution in [0.5, 0.6) is 0 Å². The van der Waals surface area contributed by atoms with Gasteiger partial charge in [-0.2, -0.15) is 13.2 Å². The van der Waals surface area contributed by atoms with Crippen molar-refractivity contribution in [3.63, 3.8) is 0 Å². The molecule has 0 bridgehead atoms. The fourth-order valence-corrected chi connectivity index (χ4v) is 3.24. The lowest BCUT2D eigenvalue weighted by atomic mass is 10.1. The predicted molar refractivity (Wildman–Crippen MR) is 90.5 cm³/mol. The van der Waals surface area contributed by atoms with Crippen LogP contribution in [0.2, 0.25) is 0 Å². The van der Waals surface area contributed by atoms with Crippen LogP contribution in [0.25, 0.3) is 0 Å². The number of rotatable bonds is 3. The van der Waals surface area contributed by atoms with Gasteiger partial charge in [-0.05, 0) is 6.07 Å². The minimum Gasteiger partial charge on any atom is -0.475 e. The molecule has 0 radical (unpaired) electrons. The van der Waals surface area contributed by atoms with E-state index in [1.54, 1.807) is 12.5 Å². The van der Waals surface area contributed by atoms with Crippen molar-refractivity contribution in [1.29, 1.82) is 0 Å². The Morgan fingerprint density at radius 1 is 1.28 bits per heavy atom. The first-order valence-electron chi connectivity index (χ1n) is 8.63. The number of aromatic nitrogens is 2. The van der Waals surface area contributed by atoms with Crippen LogP contribution in [0.1, 0.15) is 5.56 Å². The Morgan fingerprint density at radius 3 is 2.55 bits per heavy atom. The van der Waals surface area contributed by atoms with Gasteiger partial charge in [0.15, 0.2) is 5.82 Å². The largest absolute Gasteiger partial charge is 0.490 e. The lowest BCUT2D eigenvalue weighted by Gasteiger charge is -2.36. The second-order valence-corrected chi connectivity index (χ2v) is 6.50. The average molecular weight is 418 g/mol. The van der Waals surface area contributed by atoms with Gasteiger partial charge in [-0.25, -0.2) is 19.2 Å². The van der Waals surface area contributed by atoms with E-state index in [-0.39, 0.29) is 12.1 Å². The zero-order chi connectivity index (χ0) is 21.0. The molecule has 4 heterocycles. The quantitative estimate of drug-likeness (QED) is 0.757. The van der Waals surface area contributed by atoms with Gasteiger partial charge in [-0.1, -0.05) is 0 Å². The maximum absolute atomic E-state index is 13.0. The number of hydrogen-bond donors (Lipinski definition) is 1. The number of hydrogen-bond acceptors (Lipinski definition) is 7. The number of anilines is 1. The highest BCUT2D eigenvalue weighted by atomic mass is 19.4. The van der Waals surface area contributed by atoms with Crippen LogP contribution in [-0.2, 0) is 16.1 Å². The third-order valence-electron chi connectivity index (χ3n) is 4.47. The number of carboxylic acid groups (broad SMARTS) is 1. The van der Waals surface area contributed by atoms with E-state index in [4.69, 9.17) is 19.1 Å². The molecule has 158 valence electrons. The normalized spacial score (nSPS) is 22.0. The van der Waals surface area contributed by atoms with E-state index in [1.807, 2.05) is 6.07 Å². The molecule has 0 amide bonds. The lowest BCUT2D eigenvalue weighted by Crippen LogP contribution is -2.51. The molecule has 0 saturated carbocycles. The first kappa shape index (κ1) is 21.0. The number of aliphatic carboxylic acids is 1. The van der Waals surface area contributed by atoms with Gasteiger partial charge in [-0.3, -0.25) is 4.90 Å². The molecule has 2 atom stereocenters. The molecule has 0 aliphatic carbocycles. The molecule has 2 aliphatic heterocycles. The summed E-state index contributed by atoms with van der Waals surface area (Å²) in [5.74, 6) is -2.60. The van der Waals surface area contributed by atoms with E-state index >= 15 is 0 Å². The molecule has 29 heavy (non-hydrogen) atoms. The van der Waals surface area contributed by atoms with E-state index < -0.39 is 18.0 Å². The van der Waals surface area contributed by atoms with Crippen molar-refractivity contribution in [2.45, 2.75) is 24.9 Å². The van der Waals surface area contributed by atoms with Crippen molar-refractivity contribution >= 4 is 11.9 Å². The van der Waals surface area contributed by atoms with Crippen LogP contribution >= 0.6 is 0 Å². The molecule has 4 rings (SSSR count). The molecular weight excluding hydrogens is 400 g/mol. The molecule has 2 aliphatic rings. The molecule has 1 N–H and O–H groups in total. The number of halogens is 4. The Morgan fingerprint density at radius 2 is 1.97 bits per heavy atom. The van der Waals surface area contributed by atoms with E-state index in [9.17, 15) is 17.6 Å². The van der Waals surface area contributed by atoms with Crippen molar-refractivity contribution in [1.82, 2.24) is 14.9 Å². The van der Waals surface area contributed by atoms with Gasteiger partial charge < -0.3 is 19.2 Å². The highest BCUT2D eigenvalue weighted by Crippen LogP contribution is 2.26. The first-order valence-corrected chi connectivity index (χ1v) is 8.63. The molecular formula is C17H18F4N4O4. The molecule has 0 unspecified atom stereocenters. The Kier molecular flexibility index (Phi) is 6.33. The summed E-state index contributed by atoms with van der Waals surface area (Å²) in [4.78, 5) is 21.6. The zero-order valence-corrected chi connectivity index (χ0v) is 15.0. The summed E-state index contributed by atoms with van der Waals surface area (Å²) < 4.78 is 55.8. The van der Waals surface area contributed by atoms with Gasteiger partial charge >= 0.3 is 12.1 Å². The van der Waals surface area contributed by atoms with Crippen LogP contribution < -0.4 is 4.90 Å². The number of nitrogens with zero attached hydrogens (tertiary/aromatic N) is 4. The number of ether oxygens (including phenoxy) is 1. The minimum absolute atomic E-state index is 0.134. The van der Waals surface area contributed by atoms with Crippen molar-refractivity contribution in [2.24, 2.45) is 0 Å². The molecule has 12 heteroatoms. The molecule has 2 aromatic heterocycles. The average Bonchev–Trinajstić information content (AvgIpc) is 3.31. The fraction of sp³-hybridized carbons (Fsp3) is 0.471. The lowest BCUT2D eigenvalue weighted by molar-refractivity contribution is -0.192. The van der Waals surface area contributed by atoms with Crippen molar-refractivity contribution in [2.75, 3.05) is 31.1 Å². The highest BCUT2D eigenvalue weighted by molar-refractivity contribution is 5.73. The molecule has 2 saturated heterocycles. The number of likely N-dealkylation sites (tertiary alicyclic amines) is 1. The van der Waals surface area contributed by atoms with E-state index in [0.29, 0.717) is 12.6 Å². The van der Waals surface area contributed by atoms with Crippen molar-refractivity contribution < 1.29 is 36.6 Å². The topological polar surface area (TPSA) is 91.9 Å². The van der Waals surface area contributed by atoms with E-state index in [2.05, 4.69) is 19.8 Å². The van der Waals surface area contributed by atoms with Gasteiger partial charge in [0, 0.05) is 31.7 Å². The number of alkyl halides is 3. The van der Waals surface area contributed by atoms with Gasteiger partial charge in [0.25, 0.3) is 0 Å². The van der Waals surface area contributed by atoms with Crippen molar-refractivity contribution in [3.8, 4) is 0 Å². The summed E-state index contributed by atoms with van der Waals surface area (Å²) in [5.41, 5.74) is 1.16. The van der Waals surface area contributed by atoms with Gasteiger partial charge in [-0.15, -0.1) is 0 Å². The number of furan rings is 1. The second-order valence-electron chi connectivity index (χ2n) is 6.50. The highest BCUT2D eigenvalue weighted by Gasteiger charge is 2.41. The number of carbonyl (C=O) groups is 1. The van der Waals surface area contributed by atoms with Crippen LogP contribution in [0.4, 0.5) is 23.5 Å². The van der Waals surface area contributed by atoms with Crippen LogP contribution in [0.3, 0.4) is 0 Å². The molecule has 0 aromatic carbocycles. The van der Waals surface area contributed by atoms with Crippen LogP contribution in [0, 0.1) is 5.82 Å². The Balaban J connectivity index is 0.000000298. The number of morpholine rings is 1. The monoisotopic (exact) mass is 418 g/mol. The van der Waals surface area contributed by atoms with Crippen LogP contribution in [-0.4, -0.2) is 70.5 Å². The van der Waals surface area contributed by atoms with Gasteiger partial charge in [0.2, 0.25) is 5.95 Å². The zero-order valence-electron chi connectivity index (χ0n) is 15.0. The summed E-state index contributed by atoms with van der Waals surface area (Å²) in [6.45, 7) is 3.95. The number of fused-ring (bicyclic) bond motifs is 1. The fourth-order valence-electron chi connectivity index (χ4n) is 3.24. The minimum atomic E-state index is -5.08. The number of carboxylic acids is 1. The first-order chi connectivity index (χ1) is 13.7.